The van der Waals surface area contributed by atoms with Crippen molar-refractivity contribution >= 4 is 38.8 Å². The van der Waals surface area contributed by atoms with Crippen molar-refractivity contribution in [2.45, 2.75) is 45.4 Å². The molecule has 1 saturated carbocycles. The highest BCUT2D eigenvalue weighted by molar-refractivity contribution is 7.15. The van der Waals surface area contributed by atoms with Crippen LogP contribution in [0, 0.1) is 5.92 Å². The first-order valence-electron chi connectivity index (χ1n) is 7.81. The summed E-state index contributed by atoms with van der Waals surface area (Å²) in [5.74, 6) is 0.999. The normalized spacial score (nSPS) is 20.6. The number of carbonyl (C=O) groups excluding carboxylic acids is 1. The van der Waals surface area contributed by atoms with Gasteiger partial charge in [-0.1, -0.05) is 22.7 Å². The molecule has 9 heteroatoms. The van der Waals surface area contributed by atoms with E-state index in [2.05, 4.69) is 38.0 Å². The fourth-order valence-electron chi connectivity index (χ4n) is 2.89. The van der Waals surface area contributed by atoms with Crippen LogP contribution in [-0.2, 0) is 11.2 Å². The first kappa shape index (κ1) is 16.3. The molecule has 0 saturated heterocycles. The molecule has 1 aliphatic rings. The molecular weight excluding hydrogens is 332 g/mol. The third-order valence-corrected chi connectivity index (χ3v) is 5.78. The van der Waals surface area contributed by atoms with Crippen molar-refractivity contribution in [2.24, 2.45) is 5.92 Å². The second kappa shape index (κ2) is 7.31. The average Bonchev–Trinajstić information content (AvgIpc) is 3.20. The fourth-order valence-corrected chi connectivity index (χ4v) is 4.75. The summed E-state index contributed by atoms with van der Waals surface area (Å²) >= 11 is 3.13. The van der Waals surface area contributed by atoms with Crippen molar-refractivity contribution in [3.8, 4) is 0 Å². The summed E-state index contributed by atoms with van der Waals surface area (Å²) in [6, 6.07) is 0. The van der Waals surface area contributed by atoms with Gasteiger partial charge in [0.25, 0.3) is 0 Å². The van der Waals surface area contributed by atoms with Crippen molar-refractivity contribution in [1.82, 2.24) is 20.4 Å². The molecule has 0 bridgehead atoms. The summed E-state index contributed by atoms with van der Waals surface area (Å²) in [6.45, 7) is 4.41. The van der Waals surface area contributed by atoms with Crippen molar-refractivity contribution in [2.75, 3.05) is 17.2 Å². The van der Waals surface area contributed by atoms with Gasteiger partial charge >= 0.3 is 0 Å². The van der Waals surface area contributed by atoms with E-state index in [0.717, 1.165) is 41.0 Å². The Morgan fingerprint density at radius 1 is 1.17 bits per heavy atom. The number of aromatic nitrogens is 4. The predicted molar refractivity (Wildman–Crippen MR) is 92.1 cm³/mol. The lowest BCUT2D eigenvalue weighted by atomic mass is 10.0. The molecule has 2 aromatic heterocycles. The molecular formula is C14H20N6OS2. The molecule has 1 aliphatic carbocycles. The zero-order valence-corrected chi connectivity index (χ0v) is 14.8. The third kappa shape index (κ3) is 4.23. The number of hydrogen-bond donors (Lipinski definition) is 2. The van der Waals surface area contributed by atoms with E-state index in [4.69, 9.17) is 0 Å². The van der Waals surface area contributed by atoms with Gasteiger partial charge in [-0.3, -0.25) is 4.79 Å². The van der Waals surface area contributed by atoms with E-state index in [1.807, 2.05) is 0 Å². The van der Waals surface area contributed by atoms with Gasteiger partial charge in [0.1, 0.15) is 10.0 Å². The lowest BCUT2D eigenvalue weighted by molar-refractivity contribution is -0.114. The summed E-state index contributed by atoms with van der Waals surface area (Å²) in [7, 11) is 0. The van der Waals surface area contributed by atoms with Gasteiger partial charge < -0.3 is 10.6 Å². The number of amides is 1. The van der Waals surface area contributed by atoms with Crippen LogP contribution < -0.4 is 10.6 Å². The third-order valence-electron chi connectivity index (χ3n) is 3.87. The van der Waals surface area contributed by atoms with Crippen LogP contribution in [0.15, 0.2) is 0 Å². The molecule has 2 N–H and O–H groups in total. The second-order valence-corrected chi connectivity index (χ2v) is 7.81. The largest absolute Gasteiger partial charge is 0.360 e. The average molecular weight is 352 g/mol. The summed E-state index contributed by atoms with van der Waals surface area (Å²) in [6.07, 6.45) is 4.38. The van der Waals surface area contributed by atoms with Gasteiger partial charge in [0.2, 0.25) is 16.2 Å². The molecule has 2 atom stereocenters. The summed E-state index contributed by atoms with van der Waals surface area (Å²) in [5, 5.41) is 26.2. The van der Waals surface area contributed by atoms with E-state index in [-0.39, 0.29) is 5.91 Å². The zero-order valence-electron chi connectivity index (χ0n) is 13.2. The molecule has 0 spiro atoms. The van der Waals surface area contributed by atoms with Gasteiger partial charge in [-0.05, 0) is 32.1 Å². The quantitative estimate of drug-likeness (QED) is 0.830. The Labute approximate surface area is 142 Å². The van der Waals surface area contributed by atoms with Gasteiger partial charge in [-0.15, -0.1) is 20.4 Å². The second-order valence-electron chi connectivity index (χ2n) is 5.74. The predicted octanol–water partition coefficient (Wildman–Crippen LogP) is 2.91. The van der Waals surface area contributed by atoms with Crippen LogP contribution >= 0.6 is 22.7 Å². The molecule has 0 aromatic carbocycles. The molecule has 7 nitrogen and oxygen atoms in total. The summed E-state index contributed by atoms with van der Waals surface area (Å²) in [5.41, 5.74) is 0. The van der Waals surface area contributed by atoms with E-state index < -0.39 is 0 Å². The smallest absolute Gasteiger partial charge is 0.223 e. The number of carbonyl (C=O) groups is 1. The standard InChI is InChI=1S/C14H20N6OS2/c1-3-15-13-19-18-12(23-13)10-5-4-9(6-10)7-11-17-20-14(22-11)16-8(2)21/h9-10H,3-7H2,1-2H3,(H,15,19)(H,16,20,21). The molecule has 1 fully saturated rings. The van der Waals surface area contributed by atoms with E-state index in [9.17, 15) is 4.79 Å². The molecule has 2 aromatic rings. The van der Waals surface area contributed by atoms with Crippen LogP contribution in [0.25, 0.3) is 0 Å². The maximum atomic E-state index is 11.0. The molecule has 124 valence electrons. The lowest BCUT2D eigenvalue weighted by Gasteiger charge is -2.06. The Hall–Kier alpha value is -1.61. The van der Waals surface area contributed by atoms with Crippen LogP contribution in [0.3, 0.4) is 0 Å². The Kier molecular flexibility index (Phi) is 5.16. The van der Waals surface area contributed by atoms with Gasteiger partial charge in [-0.25, -0.2) is 0 Å². The lowest BCUT2D eigenvalue weighted by Crippen LogP contribution is -2.04. The van der Waals surface area contributed by atoms with Crippen molar-refractivity contribution in [3.63, 3.8) is 0 Å². The minimum atomic E-state index is -0.110. The topological polar surface area (TPSA) is 92.7 Å². The minimum absolute atomic E-state index is 0.110. The highest BCUT2D eigenvalue weighted by Gasteiger charge is 2.29. The SMILES string of the molecule is CCNc1nnc(C2CCC(Cc3nnc(NC(C)=O)s3)C2)s1. The van der Waals surface area contributed by atoms with Gasteiger partial charge in [0.05, 0.1) is 0 Å². The number of nitrogens with zero attached hydrogens (tertiary/aromatic N) is 4. The summed E-state index contributed by atoms with van der Waals surface area (Å²) in [4.78, 5) is 11.0. The minimum Gasteiger partial charge on any atom is -0.360 e. The number of anilines is 2. The zero-order chi connectivity index (χ0) is 16.2. The van der Waals surface area contributed by atoms with Crippen LogP contribution in [-0.4, -0.2) is 32.8 Å². The van der Waals surface area contributed by atoms with Gasteiger partial charge in [0, 0.05) is 25.8 Å². The van der Waals surface area contributed by atoms with E-state index in [1.54, 1.807) is 11.3 Å². The van der Waals surface area contributed by atoms with E-state index >= 15 is 0 Å². The number of nitrogens with one attached hydrogen (secondary N) is 2. The Morgan fingerprint density at radius 3 is 2.78 bits per heavy atom. The van der Waals surface area contributed by atoms with Crippen LogP contribution in [0.1, 0.15) is 49.0 Å². The van der Waals surface area contributed by atoms with Gasteiger partial charge in [-0.2, -0.15) is 0 Å². The fraction of sp³-hybridized carbons (Fsp3) is 0.643. The van der Waals surface area contributed by atoms with Crippen LogP contribution in [0.5, 0.6) is 0 Å². The Balaban J connectivity index is 1.54. The Morgan fingerprint density at radius 2 is 2.00 bits per heavy atom. The van der Waals surface area contributed by atoms with Crippen LogP contribution in [0.2, 0.25) is 0 Å². The van der Waals surface area contributed by atoms with Crippen molar-refractivity contribution in [3.05, 3.63) is 10.0 Å². The molecule has 1 amide bonds. The van der Waals surface area contributed by atoms with Crippen molar-refractivity contribution in [1.29, 1.82) is 0 Å². The first-order chi connectivity index (χ1) is 11.1. The molecule has 3 rings (SSSR count). The van der Waals surface area contributed by atoms with E-state index in [0.29, 0.717) is 17.0 Å². The maximum Gasteiger partial charge on any atom is 0.223 e. The molecule has 2 heterocycles. The molecule has 2 unspecified atom stereocenters. The van der Waals surface area contributed by atoms with Crippen LogP contribution in [0.4, 0.5) is 10.3 Å². The van der Waals surface area contributed by atoms with Crippen molar-refractivity contribution < 1.29 is 4.79 Å². The molecule has 23 heavy (non-hydrogen) atoms. The maximum absolute atomic E-state index is 11.0. The van der Waals surface area contributed by atoms with Gasteiger partial charge in [0.15, 0.2) is 0 Å². The first-order valence-corrected chi connectivity index (χ1v) is 9.44. The number of hydrogen-bond acceptors (Lipinski definition) is 8. The molecule has 0 radical (unpaired) electrons. The monoisotopic (exact) mass is 352 g/mol. The van der Waals surface area contributed by atoms with E-state index in [1.165, 1.54) is 24.7 Å². The Bertz CT molecular complexity index is 670. The summed E-state index contributed by atoms with van der Waals surface area (Å²) < 4.78 is 0. The highest BCUT2D eigenvalue weighted by Crippen LogP contribution is 2.41. The molecule has 0 aliphatic heterocycles. The number of rotatable bonds is 6. The highest BCUT2D eigenvalue weighted by atomic mass is 32.1.